The molecular formula is C17H20Cl3O5Si-. The minimum atomic E-state index is -2.59. The summed E-state index contributed by atoms with van der Waals surface area (Å²) in [5.74, 6) is -1.02. The molecule has 5 nitrogen and oxygen atoms in total. The predicted octanol–water partition coefficient (Wildman–Crippen LogP) is 3.97. The fraction of sp³-hybridized carbons (Fsp3) is 0.412. The molecule has 0 radical (unpaired) electrons. The molecule has 0 aliphatic rings. The lowest BCUT2D eigenvalue weighted by Gasteiger charge is -2.11. The third-order valence-corrected chi connectivity index (χ3v) is 5.87. The Hall–Kier alpha value is -1.21. The maximum absolute atomic E-state index is 12.0. The van der Waals surface area contributed by atoms with Crippen molar-refractivity contribution in [1.82, 2.24) is 0 Å². The zero-order valence-electron chi connectivity index (χ0n) is 14.3. The largest absolute Gasteiger partial charge is 0.545 e. The summed E-state index contributed by atoms with van der Waals surface area (Å²) in [6, 6.07) is 2.76. The molecule has 26 heavy (non-hydrogen) atoms. The third-order valence-electron chi connectivity index (χ3n) is 3.24. The lowest BCUT2D eigenvalue weighted by atomic mass is 10.2. The van der Waals surface area contributed by atoms with Crippen molar-refractivity contribution in [1.29, 1.82) is 0 Å². The smallest absolute Gasteiger partial charge is 0.341 e. The number of unbranched alkanes of at least 4 members (excludes halogenated alkanes) is 2. The maximum Gasteiger partial charge on any atom is 0.341 e. The van der Waals surface area contributed by atoms with E-state index in [2.05, 4.69) is 0 Å². The van der Waals surface area contributed by atoms with Gasteiger partial charge in [0.25, 0.3) is 0 Å². The average molecular weight is 439 g/mol. The van der Waals surface area contributed by atoms with Crippen LogP contribution in [0, 0.1) is 0 Å². The van der Waals surface area contributed by atoms with Gasteiger partial charge in [0.15, 0.2) is 11.5 Å². The molecule has 0 saturated heterocycles. The van der Waals surface area contributed by atoms with Crippen molar-refractivity contribution in [2.45, 2.75) is 38.7 Å². The molecule has 9 heteroatoms. The van der Waals surface area contributed by atoms with Gasteiger partial charge in [0, 0.05) is 6.42 Å². The van der Waals surface area contributed by atoms with Gasteiger partial charge in [0.2, 0.25) is 0 Å². The number of benzene rings is 1. The molecule has 0 saturated carbocycles. The molecule has 0 fully saturated rings. The Morgan fingerprint density at radius 2 is 1.88 bits per heavy atom. The van der Waals surface area contributed by atoms with Crippen LogP contribution in [0.15, 0.2) is 24.3 Å². The first-order valence-corrected chi connectivity index (χ1v) is 13.4. The minimum Gasteiger partial charge on any atom is -0.545 e. The van der Waals surface area contributed by atoms with Crippen molar-refractivity contribution in [3.63, 3.8) is 0 Å². The maximum atomic E-state index is 12.0. The van der Waals surface area contributed by atoms with Gasteiger partial charge in [-0.2, -0.15) is 0 Å². The second-order valence-electron chi connectivity index (χ2n) is 5.44. The lowest BCUT2D eigenvalue weighted by molar-refractivity contribution is -0.297. The zero-order valence-corrected chi connectivity index (χ0v) is 17.6. The first-order chi connectivity index (χ1) is 12.2. The predicted molar refractivity (Wildman–Crippen MR) is 104 cm³/mol. The molecule has 0 bridgehead atoms. The summed E-state index contributed by atoms with van der Waals surface area (Å²) >= 11 is 17.4. The van der Waals surface area contributed by atoms with E-state index < -0.39 is 12.0 Å². The molecule has 0 unspecified atom stereocenters. The molecule has 0 N–H and O–H groups in total. The van der Waals surface area contributed by atoms with Crippen LogP contribution in [0.1, 0.15) is 38.2 Å². The van der Waals surface area contributed by atoms with Crippen molar-refractivity contribution in [3.05, 3.63) is 29.8 Å². The Morgan fingerprint density at radius 1 is 1.15 bits per heavy atom. The highest BCUT2D eigenvalue weighted by Gasteiger charge is 2.23. The zero-order chi connectivity index (χ0) is 19.6. The second kappa shape index (κ2) is 11.5. The highest BCUT2D eigenvalue weighted by atomic mass is 35.8. The monoisotopic (exact) mass is 437 g/mol. The van der Waals surface area contributed by atoms with Crippen LogP contribution in [0.25, 0.3) is 6.08 Å². The van der Waals surface area contributed by atoms with E-state index in [1.165, 1.54) is 6.08 Å². The number of halogens is 3. The van der Waals surface area contributed by atoms with Gasteiger partial charge in [-0.15, -0.1) is 33.2 Å². The molecule has 0 aliphatic carbocycles. The first-order valence-electron chi connectivity index (χ1n) is 8.14. The van der Waals surface area contributed by atoms with Crippen LogP contribution in [0.4, 0.5) is 0 Å². The summed E-state index contributed by atoms with van der Waals surface area (Å²) in [6.07, 6.45) is 4.72. The molecule has 1 rings (SSSR count). The number of hydrogen-bond donors (Lipinski definition) is 0. The minimum absolute atomic E-state index is 0.249. The Morgan fingerprint density at radius 3 is 2.50 bits per heavy atom. The Balaban J connectivity index is 2.58. The average Bonchev–Trinajstić information content (AvgIpc) is 2.53. The molecule has 1 aromatic rings. The number of rotatable bonds is 11. The number of carbonyl (C=O) groups is 2. The van der Waals surface area contributed by atoms with Crippen LogP contribution < -0.4 is 14.6 Å². The molecule has 0 amide bonds. The number of ether oxygens (including phenoxy) is 2. The topological polar surface area (TPSA) is 75.7 Å². The molecule has 0 aromatic heterocycles. The second-order valence-corrected chi connectivity index (χ2v) is 14.7. The van der Waals surface area contributed by atoms with E-state index in [-0.39, 0.29) is 18.1 Å². The van der Waals surface area contributed by atoms with Crippen LogP contribution >= 0.6 is 33.2 Å². The SMILES string of the molecule is CCOc1cc(/C=C/C(=O)[O-])ccc1OC(=O)CCCCC[Si](Cl)(Cl)Cl. The van der Waals surface area contributed by atoms with Gasteiger partial charge in [-0.05, 0) is 43.2 Å². The van der Waals surface area contributed by atoms with Crippen LogP contribution in [0.2, 0.25) is 6.04 Å². The summed E-state index contributed by atoms with van der Waals surface area (Å²) in [4.78, 5) is 22.5. The van der Waals surface area contributed by atoms with Crippen molar-refractivity contribution < 1.29 is 24.2 Å². The summed E-state index contributed by atoms with van der Waals surface area (Å²) in [5, 5.41) is 10.5. The van der Waals surface area contributed by atoms with Gasteiger partial charge >= 0.3 is 12.0 Å². The van der Waals surface area contributed by atoms with Gasteiger partial charge in [-0.25, -0.2) is 0 Å². The highest BCUT2D eigenvalue weighted by molar-refractivity contribution is 7.64. The van der Waals surface area contributed by atoms with E-state index >= 15 is 0 Å². The Labute approximate surface area is 168 Å². The normalized spacial score (nSPS) is 11.5. The quantitative estimate of drug-likeness (QED) is 0.130. The summed E-state index contributed by atoms with van der Waals surface area (Å²) < 4.78 is 10.8. The van der Waals surface area contributed by atoms with Crippen molar-refractivity contribution in [2.75, 3.05) is 6.61 Å². The number of carboxylic acids is 1. The fourth-order valence-electron chi connectivity index (χ4n) is 2.09. The van der Waals surface area contributed by atoms with E-state index in [4.69, 9.17) is 42.7 Å². The van der Waals surface area contributed by atoms with Crippen molar-refractivity contribution in [2.24, 2.45) is 0 Å². The van der Waals surface area contributed by atoms with Gasteiger partial charge in [0.1, 0.15) is 0 Å². The Bertz CT molecular complexity index is 644. The Kier molecular flexibility index (Phi) is 10.1. The highest BCUT2D eigenvalue weighted by Crippen LogP contribution is 2.30. The van der Waals surface area contributed by atoms with Crippen LogP contribution in [0.3, 0.4) is 0 Å². The summed E-state index contributed by atoms with van der Waals surface area (Å²) in [6.45, 7) is 2.17. The lowest BCUT2D eigenvalue weighted by Crippen LogP contribution is -2.18. The van der Waals surface area contributed by atoms with E-state index in [0.29, 0.717) is 30.4 Å². The van der Waals surface area contributed by atoms with Crippen LogP contribution in [0.5, 0.6) is 11.5 Å². The van der Waals surface area contributed by atoms with Gasteiger partial charge in [0.05, 0.1) is 12.6 Å². The molecule has 0 aliphatic heterocycles. The molecule has 1 aromatic carbocycles. The molecule has 0 spiro atoms. The van der Waals surface area contributed by atoms with Crippen molar-refractivity contribution >= 4 is 57.3 Å². The summed E-state index contributed by atoms with van der Waals surface area (Å²) in [7, 11) is 0. The van der Waals surface area contributed by atoms with Gasteiger partial charge in [-0.3, -0.25) is 4.79 Å². The van der Waals surface area contributed by atoms with Gasteiger partial charge in [-0.1, -0.05) is 25.0 Å². The number of carboxylic acid groups (broad SMARTS) is 1. The van der Waals surface area contributed by atoms with E-state index in [1.54, 1.807) is 25.1 Å². The first kappa shape index (κ1) is 22.8. The standard InChI is InChI=1S/C17H21Cl3O5Si/c1-2-24-15-12-13(8-10-16(21)22)7-9-14(15)25-17(23)6-4-3-5-11-26(18,19)20/h7-10,12H,2-6,11H2,1H3,(H,21,22)/p-1/b10-8+. The number of carbonyl (C=O) groups excluding carboxylic acids is 2. The number of esters is 1. The third kappa shape index (κ3) is 10.1. The van der Waals surface area contributed by atoms with E-state index in [0.717, 1.165) is 18.9 Å². The number of hydrogen-bond acceptors (Lipinski definition) is 5. The summed E-state index contributed by atoms with van der Waals surface area (Å²) in [5.41, 5.74) is 0.591. The number of aliphatic carboxylic acids is 1. The molecule has 144 valence electrons. The van der Waals surface area contributed by atoms with Crippen molar-refractivity contribution in [3.8, 4) is 11.5 Å². The van der Waals surface area contributed by atoms with E-state index in [9.17, 15) is 14.7 Å². The molecule has 0 heterocycles. The molecular weight excluding hydrogens is 419 g/mol. The molecule has 0 atom stereocenters. The van der Waals surface area contributed by atoms with Crippen LogP contribution in [-0.4, -0.2) is 24.5 Å². The fourth-order valence-corrected chi connectivity index (χ4v) is 3.94. The van der Waals surface area contributed by atoms with Crippen LogP contribution in [-0.2, 0) is 9.59 Å². The van der Waals surface area contributed by atoms with Gasteiger partial charge < -0.3 is 19.4 Å². The van der Waals surface area contributed by atoms with E-state index in [1.807, 2.05) is 0 Å².